The molecule has 1 aromatic heterocycles. The van der Waals surface area contributed by atoms with Crippen molar-refractivity contribution in [3.8, 4) is 11.5 Å². The zero-order valence-corrected chi connectivity index (χ0v) is 21.4. The van der Waals surface area contributed by atoms with E-state index in [0.717, 1.165) is 12.3 Å². The normalized spacial score (nSPS) is 17.5. The van der Waals surface area contributed by atoms with Gasteiger partial charge in [-0.2, -0.15) is 0 Å². The molecule has 1 amide bonds. The van der Waals surface area contributed by atoms with Crippen molar-refractivity contribution in [1.82, 2.24) is 20.0 Å². The number of hydrogen-bond acceptors (Lipinski definition) is 8. The topological polar surface area (TPSA) is 149 Å². The molecule has 204 valence electrons. The van der Waals surface area contributed by atoms with Crippen LogP contribution in [-0.4, -0.2) is 63.0 Å². The summed E-state index contributed by atoms with van der Waals surface area (Å²) in [5.41, 5.74) is -0.164. The van der Waals surface area contributed by atoms with Crippen LogP contribution in [0, 0.1) is 11.6 Å². The van der Waals surface area contributed by atoms with Crippen LogP contribution in [0.15, 0.2) is 35.1 Å². The molecule has 0 spiro atoms. The van der Waals surface area contributed by atoms with E-state index in [1.54, 1.807) is 0 Å². The predicted molar refractivity (Wildman–Crippen MR) is 133 cm³/mol. The smallest absolute Gasteiger partial charge is 0.287 e. The lowest BCUT2D eigenvalue weighted by Gasteiger charge is -2.13. The van der Waals surface area contributed by atoms with Gasteiger partial charge in [0.2, 0.25) is 10.0 Å². The summed E-state index contributed by atoms with van der Waals surface area (Å²) >= 11 is 0. The number of nitrogens with zero attached hydrogens (tertiary/aromatic N) is 1. The molecule has 14 heteroatoms. The number of fused-ring (bicyclic) bond motifs is 1. The number of hydrogen-bond donors (Lipinski definition) is 3. The molecule has 11 nitrogen and oxygen atoms in total. The molecule has 1 fully saturated rings. The first-order chi connectivity index (χ1) is 18.0. The molecule has 3 aromatic rings. The standard InChI is InChI=1S/C24H26F2N4O7S/c1-35-19-9-13(3-4-16(19)25)11-27-24(32)22-28-18-6-5-17(26)21(20(18)23(31)29-22)36-8-7-15-10-14(12-37-15)30-38(2,33)34/h3-6,9,14-15,30H,7-8,10-12H2,1-2H3,(H,27,32)(H,28,29,31). The Hall–Kier alpha value is -3.62. The highest BCUT2D eigenvalue weighted by molar-refractivity contribution is 7.88. The number of halogens is 2. The average Bonchev–Trinajstić information content (AvgIpc) is 3.29. The third-order valence-electron chi connectivity index (χ3n) is 5.81. The number of benzene rings is 2. The molecule has 0 aliphatic carbocycles. The first kappa shape index (κ1) is 27.4. The van der Waals surface area contributed by atoms with Crippen LogP contribution in [0.2, 0.25) is 0 Å². The Morgan fingerprint density at radius 1 is 1.24 bits per heavy atom. The SMILES string of the molecule is COc1cc(CNC(=O)c2nc3ccc(F)c(OCCC4CC(NS(C)(=O)=O)CO4)c3c(=O)[nH]2)ccc1F. The summed E-state index contributed by atoms with van der Waals surface area (Å²) in [5, 5.41) is 2.42. The first-order valence-electron chi connectivity index (χ1n) is 11.6. The van der Waals surface area contributed by atoms with Crippen LogP contribution in [0.3, 0.4) is 0 Å². The summed E-state index contributed by atoms with van der Waals surface area (Å²) in [6.07, 6.45) is 1.52. The monoisotopic (exact) mass is 552 g/mol. The molecule has 2 atom stereocenters. The summed E-state index contributed by atoms with van der Waals surface area (Å²) in [6, 6.07) is 6.09. The maximum absolute atomic E-state index is 14.6. The Morgan fingerprint density at radius 3 is 2.74 bits per heavy atom. The first-order valence-corrected chi connectivity index (χ1v) is 13.5. The minimum absolute atomic E-state index is 0.00486. The molecular formula is C24H26F2N4O7S. The van der Waals surface area contributed by atoms with Crippen molar-refractivity contribution in [2.45, 2.75) is 31.5 Å². The van der Waals surface area contributed by atoms with Gasteiger partial charge in [-0.25, -0.2) is 26.9 Å². The lowest BCUT2D eigenvalue weighted by atomic mass is 10.1. The highest BCUT2D eigenvalue weighted by atomic mass is 32.2. The average molecular weight is 553 g/mol. The lowest BCUT2D eigenvalue weighted by molar-refractivity contribution is 0.0886. The Labute approximate surface area is 216 Å². The summed E-state index contributed by atoms with van der Waals surface area (Å²) < 4.78 is 69.4. The minimum Gasteiger partial charge on any atom is -0.494 e. The van der Waals surface area contributed by atoms with Crippen LogP contribution in [0.25, 0.3) is 10.9 Å². The lowest BCUT2D eigenvalue weighted by Crippen LogP contribution is -2.34. The number of ether oxygens (including phenoxy) is 3. The van der Waals surface area contributed by atoms with Gasteiger partial charge in [0.15, 0.2) is 29.0 Å². The quantitative estimate of drug-likeness (QED) is 0.344. The highest BCUT2D eigenvalue weighted by Gasteiger charge is 2.27. The minimum atomic E-state index is -3.36. The van der Waals surface area contributed by atoms with E-state index in [1.165, 1.54) is 31.4 Å². The molecule has 2 heterocycles. The number of aromatic amines is 1. The molecule has 38 heavy (non-hydrogen) atoms. The molecular weight excluding hydrogens is 526 g/mol. The predicted octanol–water partition coefficient (Wildman–Crippen LogP) is 1.62. The Morgan fingerprint density at radius 2 is 2.00 bits per heavy atom. The number of amides is 1. The second-order valence-corrected chi connectivity index (χ2v) is 10.5. The number of H-pyrrole nitrogens is 1. The number of nitrogens with one attached hydrogen (secondary N) is 3. The van der Waals surface area contributed by atoms with Crippen LogP contribution >= 0.6 is 0 Å². The fraction of sp³-hybridized carbons (Fsp3) is 0.375. The molecule has 4 rings (SSSR count). The van der Waals surface area contributed by atoms with Crippen LogP contribution in [-0.2, 0) is 21.3 Å². The van der Waals surface area contributed by atoms with Gasteiger partial charge in [-0.15, -0.1) is 0 Å². The Kier molecular flexibility index (Phi) is 8.23. The van der Waals surface area contributed by atoms with Crippen LogP contribution in [0.1, 0.15) is 29.0 Å². The summed E-state index contributed by atoms with van der Waals surface area (Å²) in [7, 11) is -2.04. The van der Waals surface area contributed by atoms with Gasteiger partial charge < -0.3 is 24.5 Å². The van der Waals surface area contributed by atoms with Gasteiger partial charge in [-0.3, -0.25) is 9.59 Å². The van der Waals surface area contributed by atoms with E-state index in [-0.39, 0.29) is 60.1 Å². The van der Waals surface area contributed by atoms with Gasteiger partial charge in [-0.05, 0) is 36.2 Å². The van der Waals surface area contributed by atoms with Crippen molar-refractivity contribution in [1.29, 1.82) is 0 Å². The molecule has 1 saturated heterocycles. The summed E-state index contributed by atoms with van der Waals surface area (Å²) in [6.45, 7) is 0.220. The largest absolute Gasteiger partial charge is 0.494 e. The number of rotatable bonds is 10. The third kappa shape index (κ3) is 6.62. The van der Waals surface area contributed by atoms with Crippen molar-refractivity contribution < 1.29 is 36.2 Å². The maximum Gasteiger partial charge on any atom is 0.287 e. The second kappa shape index (κ2) is 11.4. The molecule has 3 N–H and O–H groups in total. The van der Waals surface area contributed by atoms with Crippen molar-refractivity contribution in [2.75, 3.05) is 26.6 Å². The van der Waals surface area contributed by atoms with Crippen LogP contribution < -0.4 is 25.1 Å². The van der Waals surface area contributed by atoms with Crippen molar-refractivity contribution in [3.63, 3.8) is 0 Å². The van der Waals surface area contributed by atoms with Crippen LogP contribution in [0.4, 0.5) is 8.78 Å². The van der Waals surface area contributed by atoms with E-state index in [0.29, 0.717) is 18.4 Å². The maximum atomic E-state index is 14.6. The van der Waals surface area contributed by atoms with Crippen molar-refractivity contribution >= 4 is 26.8 Å². The zero-order chi connectivity index (χ0) is 27.4. The molecule has 2 unspecified atom stereocenters. The molecule has 2 aromatic carbocycles. The van der Waals surface area contributed by atoms with E-state index in [1.807, 2.05) is 0 Å². The van der Waals surface area contributed by atoms with Crippen molar-refractivity contribution in [3.05, 3.63) is 63.7 Å². The zero-order valence-electron chi connectivity index (χ0n) is 20.5. The van der Waals surface area contributed by atoms with E-state index in [4.69, 9.17) is 14.2 Å². The van der Waals surface area contributed by atoms with Gasteiger partial charge in [-0.1, -0.05) is 6.07 Å². The molecule has 0 saturated carbocycles. The molecule has 0 radical (unpaired) electrons. The fourth-order valence-electron chi connectivity index (χ4n) is 4.09. The van der Waals surface area contributed by atoms with Gasteiger partial charge in [0.25, 0.3) is 11.5 Å². The highest BCUT2D eigenvalue weighted by Crippen LogP contribution is 2.26. The van der Waals surface area contributed by atoms with E-state index < -0.39 is 33.1 Å². The van der Waals surface area contributed by atoms with Crippen LogP contribution in [0.5, 0.6) is 11.5 Å². The van der Waals surface area contributed by atoms with Crippen molar-refractivity contribution in [2.24, 2.45) is 0 Å². The van der Waals surface area contributed by atoms with Gasteiger partial charge >= 0.3 is 0 Å². The Balaban J connectivity index is 1.43. The number of aromatic nitrogens is 2. The fourth-order valence-corrected chi connectivity index (χ4v) is 4.86. The van der Waals surface area contributed by atoms with E-state index in [2.05, 4.69) is 20.0 Å². The van der Waals surface area contributed by atoms with Gasteiger partial charge in [0.05, 0.1) is 38.2 Å². The van der Waals surface area contributed by atoms with E-state index >= 15 is 0 Å². The van der Waals surface area contributed by atoms with Gasteiger partial charge in [0, 0.05) is 19.0 Å². The third-order valence-corrected chi connectivity index (χ3v) is 6.57. The molecule has 1 aliphatic heterocycles. The number of sulfonamides is 1. The molecule has 0 bridgehead atoms. The summed E-state index contributed by atoms with van der Waals surface area (Å²) in [4.78, 5) is 31.9. The number of carbonyl (C=O) groups excluding carboxylic acids is 1. The van der Waals surface area contributed by atoms with E-state index in [9.17, 15) is 26.8 Å². The number of carbonyl (C=O) groups is 1. The number of methoxy groups -OCH3 is 1. The molecule has 1 aliphatic rings. The van der Waals surface area contributed by atoms with Gasteiger partial charge in [0.1, 0.15) is 5.39 Å². The summed E-state index contributed by atoms with van der Waals surface area (Å²) in [5.74, 6) is -2.61. The second-order valence-electron chi connectivity index (χ2n) is 8.75. The Bertz CT molecular complexity index is 1510.